The van der Waals surface area contributed by atoms with Gasteiger partial charge in [-0.2, -0.15) is 0 Å². The fourth-order valence-electron chi connectivity index (χ4n) is 1.74. The van der Waals surface area contributed by atoms with E-state index in [1.807, 2.05) is 37.3 Å². The van der Waals surface area contributed by atoms with E-state index in [1.54, 1.807) is 0 Å². The molecule has 106 valence electrons. The summed E-state index contributed by atoms with van der Waals surface area (Å²) in [6, 6.07) is 13.8. The van der Waals surface area contributed by atoms with Crippen molar-refractivity contribution in [3.8, 4) is 5.75 Å². The summed E-state index contributed by atoms with van der Waals surface area (Å²) in [4.78, 5) is -0.0396. The molecule has 6 heteroatoms. The summed E-state index contributed by atoms with van der Waals surface area (Å²) in [7, 11) is -3.76. The molecular formula is C14H14ClNO3S. The molecule has 0 radical (unpaired) electrons. The smallest absolute Gasteiger partial charge is 0.238 e. The van der Waals surface area contributed by atoms with Crippen LogP contribution < -0.4 is 9.88 Å². The number of rotatable bonds is 4. The first-order valence-electron chi connectivity index (χ1n) is 5.92. The monoisotopic (exact) mass is 311 g/mol. The van der Waals surface area contributed by atoms with Gasteiger partial charge >= 0.3 is 0 Å². The van der Waals surface area contributed by atoms with E-state index in [9.17, 15) is 8.42 Å². The molecule has 0 bridgehead atoms. The van der Waals surface area contributed by atoms with Crippen LogP contribution in [0.2, 0.25) is 5.02 Å². The lowest BCUT2D eigenvalue weighted by Crippen LogP contribution is -2.12. The normalized spacial score (nSPS) is 12.9. The number of hydrogen-bond acceptors (Lipinski definition) is 3. The van der Waals surface area contributed by atoms with Crippen LogP contribution in [0.4, 0.5) is 0 Å². The summed E-state index contributed by atoms with van der Waals surface area (Å²) in [6.07, 6.45) is -0.200. The summed E-state index contributed by atoms with van der Waals surface area (Å²) in [5.74, 6) is 0.412. The van der Waals surface area contributed by atoms with Crippen molar-refractivity contribution in [2.45, 2.75) is 17.9 Å². The molecule has 0 saturated heterocycles. The summed E-state index contributed by atoms with van der Waals surface area (Å²) < 4.78 is 28.2. The van der Waals surface area contributed by atoms with Crippen molar-refractivity contribution >= 4 is 21.6 Å². The van der Waals surface area contributed by atoms with Crippen LogP contribution in [0, 0.1) is 0 Å². The first kappa shape index (κ1) is 14.8. The molecule has 1 unspecified atom stereocenters. The topological polar surface area (TPSA) is 69.4 Å². The van der Waals surface area contributed by atoms with Gasteiger partial charge in [0.2, 0.25) is 10.0 Å². The van der Waals surface area contributed by atoms with Gasteiger partial charge in [-0.25, -0.2) is 13.6 Å². The molecule has 1 atom stereocenters. The van der Waals surface area contributed by atoms with Gasteiger partial charge in [0.25, 0.3) is 0 Å². The van der Waals surface area contributed by atoms with Gasteiger partial charge in [0.05, 0.1) is 9.92 Å². The van der Waals surface area contributed by atoms with Gasteiger partial charge < -0.3 is 4.74 Å². The summed E-state index contributed by atoms with van der Waals surface area (Å²) in [5, 5.41) is 5.25. The Morgan fingerprint density at radius 3 is 2.35 bits per heavy atom. The molecule has 2 rings (SSSR count). The highest BCUT2D eigenvalue weighted by Gasteiger charge is 2.13. The Morgan fingerprint density at radius 2 is 1.80 bits per heavy atom. The third-order valence-electron chi connectivity index (χ3n) is 2.80. The van der Waals surface area contributed by atoms with Gasteiger partial charge in [0.1, 0.15) is 11.9 Å². The van der Waals surface area contributed by atoms with Crippen molar-refractivity contribution in [1.82, 2.24) is 0 Å². The maximum absolute atomic E-state index is 11.2. The minimum absolute atomic E-state index is 0.0396. The van der Waals surface area contributed by atoms with Crippen molar-refractivity contribution in [2.24, 2.45) is 5.14 Å². The van der Waals surface area contributed by atoms with Gasteiger partial charge in [0.15, 0.2) is 0 Å². The van der Waals surface area contributed by atoms with Crippen LogP contribution >= 0.6 is 11.6 Å². The third kappa shape index (κ3) is 3.50. The predicted molar refractivity (Wildman–Crippen MR) is 78.3 cm³/mol. The molecule has 2 aromatic carbocycles. The lowest BCUT2D eigenvalue weighted by Gasteiger charge is -2.16. The fourth-order valence-corrected chi connectivity index (χ4v) is 2.57. The summed E-state index contributed by atoms with van der Waals surface area (Å²) >= 11 is 6.02. The lowest BCUT2D eigenvalue weighted by atomic mass is 10.1. The fraction of sp³-hybridized carbons (Fsp3) is 0.143. The number of sulfonamides is 1. The van der Waals surface area contributed by atoms with E-state index in [0.29, 0.717) is 5.75 Å². The molecule has 4 nitrogen and oxygen atoms in total. The minimum Gasteiger partial charge on any atom is -0.484 e. The van der Waals surface area contributed by atoms with Gasteiger partial charge in [-0.3, -0.25) is 0 Å². The quantitative estimate of drug-likeness (QED) is 0.943. The second kappa shape index (κ2) is 5.83. The van der Waals surface area contributed by atoms with Crippen molar-refractivity contribution < 1.29 is 13.2 Å². The summed E-state index contributed by atoms with van der Waals surface area (Å²) in [5.41, 5.74) is 0.999. The number of hydrogen-bond donors (Lipinski definition) is 1. The first-order chi connectivity index (χ1) is 9.38. The highest BCUT2D eigenvalue weighted by Crippen LogP contribution is 2.30. The average molecular weight is 312 g/mol. The largest absolute Gasteiger partial charge is 0.484 e. The zero-order valence-corrected chi connectivity index (χ0v) is 12.4. The Labute approximate surface area is 123 Å². The third-order valence-corrected chi connectivity index (χ3v) is 4.01. The number of benzene rings is 2. The molecule has 0 heterocycles. The van der Waals surface area contributed by atoms with Crippen LogP contribution in [0.1, 0.15) is 18.6 Å². The van der Waals surface area contributed by atoms with E-state index < -0.39 is 10.0 Å². The van der Waals surface area contributed by atoms with Crippen molar-refractivity contribution in [1.29, 1.82) is 0 Å². The van der Waals surface area contributed by atoms with Gasteiger partial charge in [-0.1, -0.05) is 41.9 Å². The zero-order chi connectivity index (χ0) is 14.8. The Morgan fingerprint density at radius 1 is 1.15 bits per heavy atom. The van der Waals surface area contributed by atoms with E-state index in [4.69, 9.17) is 21.5 Å². The lowest BCUT2D eigenvalue weighted by molar-refractivity contribution is 0.227. The molecule has 20 heavy (non-hydrogen) atoms. The zero-order valence-electron chi connectivity index (χ0n) is 10.8. The van der Waals surface area contributed by atoms with Crippen LogP contribution in [-0.2, 0) is 10.0 Å². The first-order valence-corrected chi connectivity index (χ1v) is 7.84. The van der Waals surface area contributed by atoms with Gasteiger partial charge in [-0.15, -0.1) is 0 Å². The van der Waals surface area contributed by atoms with E-state index in [2.05, 4.69) is 0 Å². The van der Waals surface area contributed by atoms with Gasteiger partial charge in [-0.05, 0) is 30.7 Å². The van der Waals surface area contributed by atoms with E-state index in [-0.39, 0.29) is 16.0 Å². The Hall–Kier alpha value is -1.56. The van der Waals surface area contributed by atoms with Crippen LogP contribution in [-0.4, -0.2) is 8.42 Å². The number of nitrogens with two attached hydrogens (primary N) is 1. The van der Waals surface area contributed by atoms with E-state index >= 15 is 0 Å². The molecule has 0 spiro atoms. The predicted octanol–water partition coefficient (Wildman–Crippen LogP) is 3.13. The van der Waals surface area contributed by atoms with Crippen molar-refractivity contribution in [3.05, 3.63) is 59.1 Å². The van der Waals surface area contributed by atoms with Gasteiger partial charge in [0, 0.05) is 0 Å². The van der Waals surface area contributed by atoms with E-state index in [1.165, 1.54) is 18.2 Å². The van der Waals surface area contributed by atoms with Crippen molar-refractivity contribution in [3.63, 3.8) is 0 Å². The molecule has 0 aliphatic rings. The Balaban J connectivity index is 2.23. The highest BCUT2D eigenvalue weighted by atomic mass is 35.5. The second-order valence-corrected chi connectivity index (χ2v) is 6.28. The standard InChI is InChI=1S/C14H14ClNO3S/c1-10(11-5-3-2-4-6-11)19-14-8-7-12(9-13(14)15)20(16,17)18/h2-10H,1H3,(H2,16,17,18). The van der Waals surface area contributed by atoms with Crippen molar-refractivity contribution in [2.75, 3.05) is 0 Å². The molecule has 0 aliphatic carbocycles. The van der Waals surface area contributed by atoms with Crippen LogP contribution in [0.15, 0.2) is 53.4 Å². The van der Waals surface area contributed by atoms with Crippen LogP contribution in [0.3, 0.4) is 0 Å². The number of primary sulfonamides is 1. The molecule has 0 saturated carbocycles. The number of halogens is 1. The molecule has 0 aromatic heterocycles. The number of ether oxygens (including phenoxy) is 1. The molecule has 2 N–H and O–H groups in total. The average Bonchev–Trinajstić information content (AvgIpc) is 2.41. The van der Waals surface area contributed by atoms with E-state index in [0.717, 1.165) is 5.56 Å². The molecule has 0 amide bonds. The summed E-state index contributed by atoms with van der Waals surface area (Å²) in [6.45, 7) is 1.89. The Bertz CT molecular complexity index is 702. The van der Waals surface area contributed by atoms with Crippen LogP contribution in [0.5, 0.6) is 5.75 Å². The van der Waals surface area contributed by atoms with Crippen LogP contribution in [0.25, 0.3) is 0 Å². The second-order valence-electron chi connectivity index (χ2n) is 4.31. The highest BCUT2D eigenvalue weighted by molar-refractivity contribution is 7.89. The molecule has 2 aromatic rings. The maximum Gasteiger partial charge on any atom is 0.238 e. The molecule has 0 fully saturated rings. The molecule has 0 aliphatic heterocycles. The minimum atomic E-state index is -3.76. The maximum atomic E-state index is 11.2. The molecular weight excluding hydrogens is 298 g/mol. The Kier molecular flexibility index (Phi) is 4.32. The SMILES string of the molecule is CC(Oc1ccc(S(N)(=O)=O)cc1Cl)c1ccccc1.